The van der Waals surface area contributed by atoms with Crippen molar-refractivity contribution in [2.75, 3.05) is 24.2 Å². The number of urea groups is 1. The number of carbonyl (C=O) groups is 2. The number of nitrogens with zero attached hydrogens (tertiary/aromatic N) is 1. The van der Waals surface area contributed by atoms with Gasteiger partial charge in [0.2, 0.25) is 0 Å². The third-order valence-corrected chi connectivity index (χ3v) is 5.73. The van der Waals surface area contributed by atoms with Gasteiger partial charge in [-0.1, -0.05) is 23.8 Å². The number of anilines is 1. The van der Waals surface area contributed by atoms with Gasteiger partial charge in [-0.3, -0.25) is 0 Å². The first kappa shape index (κ1) is 19.3. The predicted molar refractivity (Wildman–Crippen MR) is 109 cm³/mol. The maximum atomic E-state index is 12.8. The van der Waals surface area contributed by atoms with Crippen LogP contribution in [0, 0.1) is 13.8 Å². The van der Waals surface area contributed by atoms with E-state index in [4.69, 9.17) is 4.74 Å². The minimum atomic E-state index is -0.360. The average Bonchev–Trinajstić information content (AvgIpc) is 3.12. The molecule has 0 saturated carbocycles. The maximum Gasteiger partial charge on any atom is 0.338 e. The van der Waals surface area contributed by atoms with Gasteiger partial charge >= 0.3 is 12.0 Å². The van der Waals surface area contributed by atoms with E-state index in [0.717, 1.165) is 5.75 Å². The van der Waals surface area contributed by atoms with Crippen molar-refractivity contribution in [1.82, 2.24) is 4.90 Å². The summed E-state index contributed by atoms with van der Waals surface area (Å²) in [4.78, 5) is 26.4. The Hall–Kier alpha value is -2.47. The van der Waals surface area contributed by atoms with Crippen LogP contribution >= 0.6 is 11.8 Å². The second-order valence-corrected chi connectivity index (χ2v) is 7.69. The molecule has 0 aliphatic carbocycles. The summed E-state index contributed by atoms with van der Waals surface area (Å²) in [6.45, 7) is 6.97. The SMILES string of the molecule is CCOC(=O)c1ccc(NC(=O)N2CCS[C@@H]2c2ccc(C)cc2C)cc1. The lowest BCUT2D eigenvalue weighted by Gasteiger charge is -2.25. The molecule has 142 valence electrons. The molecule has 1 fully saturated rings. The molecule has 1 saturated heterocycles. The predicted octanol–water partition coefficient (Wildman–Crippen LogP) is 4.76. The topological polar surface area (TPSA) is 58.6 Å². The number of aryl methyl sites for hydroxylation is 2. The molecule has 2 aromatic carbocycles. The van der Waals surface area contributed by atoms with Gasteiger partial charge in [0, 0.05) is 18.0 Å². The normalized spacial score (nSPS) is 16.3. The number of rotatable bonds is 4. The summed E-state index contributed by atoms with van der Waals surface area (Å²) in [5.41, 5.74) is 4.72. The number of carbonyl (C=O) groups excluding carboxylic acids is 2. The second kappa shape index (κ2) is 8.48. The molecule has 2 amide bonds. The van der Waals surface area contributed by atoms with E-state index < -0.39 is 0 Å². The molecule has 1 atom stereocenters. The van der Waals surface area contributed by atoms with Crippen LogP contribution in [0.25, 0.3) is 0 Å². The molecule has 1 heterocycles. The zero-order valence-electron chi connectivity index (χ0n) is 15.8. The fraction of sp³-hybridized carbons (Fsp3) is 0.333. The maximum absolute atomic E-state index is 12.8. The molecule has 0 aromatic heterocycles. The Labute approximate surface area is 164 Å². The number of benzene rings is 2. The highest BCUT2D eigenvalue weighted by atomic mass is 32.2. The summed E-state index contributed by atoms with van der Waals surface area (Å²) in [6, 6.07) is 13.0. The molecule has 6 heteroatoms. The van der Waals surface area contributed by atoms with E-state index in [1.807, 2.05) is 4.90 Å². The molecule has 5 nitrogen and oxygen atoms in total. The Morgan fingerprint density at radius 3 is 2.59 bits per heavy atom. The number of hydrogen-bond acceptors (Lipinski definition) is 4. The Morgan fingerprint density at radius 1 is 1.19 bits per heavy atom. The highest BCUT2D eigenvalue weighted by molar-refractivity contribution is 7.99. The molecule has 2 aromatic rings. The first-order valence-electron chi connectivity index (χ1n) is 9.03. The van der Waals surface area contributed by atoms with E-state index in [1.165, 1.54) is 16.7 Å². The zero-order chi connectivity index (χ0) is 19.4. The van der Waals surface area contributed by atoms with Crippen molar-refractivity contribution in [3.8, 4) is 0 Å². The van der Waals surface area contributed by atoms with Gasteiger partial charge in [0.1, 0.15) is 5.37 Å². The number of nitrogens with one attached hydrogen (secondary N) is 1. The van der Waals surface area contributed by atoms with Crippen molar-refractivity contribution in [3.63, 3.8) is 0 Å². The molecular weight excluding hydrogens is 360 g/mol. The fourth-order valence-corrected chi connectivity index (χ4v) is 4.49. The van der Waals surface area contributed by atoms with Crippen molar-refractivity contribution >= 4 is 29.4 Å². The quantitative estimate of drug-likeness (QED) is 0.772. The summed E-state index contributed by atoms with van der Waals surface area (Å²) in [6.07, 6.45) is 0. The molecule has 1 aliphatic heterocycles. The number of esters is 1. The van der Waals surface area contributed by atoms with Crippen LogP contribution in [0.5, 0.6) is 0 Å². The van der Waals surface area contributed by atoms with Gasteiger partial charge in [0.25, 0.3) is 0 Å². The van der Waals surface area contributed by atoms with E-state index in [1.54, 1.807) is 43.0 Å². The van der Waals surface area contributed by atoms with Gasteiger partial charge in [-0.05, 0) is 56.2 Å². The molecule has 1 N–H and O–H groups in total. The molecule has 1 aliphatic rings. The first-order valence-corrected chi connectivity index (χ1v) is 10.1. The molecule has 0 bridgehead atoms. The van der Waals surface area contributed by atoms with E-state index in [-0.39, 0.29) is 17.4 Å². The smallest absolute Gasteiger partial charge is 0.338 e. The summed E-state index contributed by atoms with van der Waals surface area (Å²) >= 11 is 1.78. The minimum Gasteiger partial charge on any atom is -0.462 e. The van der Waals surface area contributed by atoms with E-state index >= 15 is 0 Å². The summed E-state index contributed by atoms with van der Waals surface area (Å²) in [7, 11) is 0. The van der Waals surface area contributed by atoms with Crippen LogP contribution in [-0.2, 0) is 4.74 Å². The first-order chi connectivity index (χ1) is 13.0. The Bertz CT molecular complexity index is 836. The van der Waals surface area contributed by atoms with E-state index in [0.29, 0.717) is 24.4 Å². The zero-order valence-corrected chi connectivity index (χ0v) is 16.6. The minimum absolute atomic E-state index is 0.0180. The molecule has 27 heavy (non-hydrogen) atoms. The number of hydrogen-bond donors (Lipinski definition) is 1. The molecular formula is C21H24N2O3S. The molecule has 0 spiro atoms. The van der Waals surface area contributed by atoms with E-state index in [2.05, 4.69) is 37.4 Å². The molecule has 3 rings (SSSR count). The highest BCUT2D eigenvalue weighted by Crippen LogP contribution is 2.39. The number of thioether (sulfide) groups is 1. The standard InChI is InChI=1S/C21H24N2O3S/c1-4-26-20(24)16-6-8-17(9-7-16)22-21(25)23-11-12-27-19(23)18-10-5-14(2)13-15(18)3/h5-10,13,19H,4,11-12H2,1-3H3,(H,22,25)/t19-/m1/s1. The van der Waals surface area contributed by atoms with Crippen molar-refractivity contribution in [2.45, 2.75) is 26.1 Å². The number of ether oxygens (including phenoxy) is 1. The summed E-state index contributed by atoms with van der Waals surface area (Å²) < 4.78 is 4.98. The second-order valence-electron chi connectivity index (χ2n) is 6.50. The summed E-state index contributed by atoms with van der Waals surface area (Å²) in [5.74, 6) is 0.550. The monoisotopic (exact) mass is 384 g/mol. The Morgan fingerprint density at radius 2 is 1.93 bits per heavy atom. The van der Waals surface area contributed by atoms with Crippen molar-refractivity contribution in [2.24, 2.45) is 0 Å². The van der Waals surface area contributed by atoms with Crippen LogP contribution < -0.4 is 5.32 Å². The lowest BCUT2D eigenvalue weighted by molar-refractivity contribution is 0.0526. The third kappa shape index (κ3) is 4.45. The lowest BCUT2D eigenvalue weighted by atomic mass is 10.1. The van der Waals surface area contributed by atoms with Crippen LogP contribution in [0.15, 0.2) is 42.5 Å². The van der Waals surface area contributed by atoms with Crippen molar-refractivity contribution in [1.29, 1.82) is 0 Å². The largest absolute Gasteiger partial charge is 0.462 e. The van der Waals surface area contributed by atoms with Crippen LogP contribution in [-0.4, -0.2) is 35.8 Å². The van der Waals surface area contributed by atoms with Crippen LogP contribution in [0.3, 0.4) is 0 Å². The lowest BCUT2D eigenvalue weighted by Crippen LogP contribution is -2.34. The van der Waals surface area contributed by atoms with Crippen LogP contribution in [0.4, 0.5) is 10.5 Å². The third-order valence-electron chi connectivity index (χ3n) is 4.49. The van der Waals surface area contributed by atoms with Gasteiger partial charge in [0.15, 0.2) is 0 Å². The Balaban J connectivity index is 1.70. The van der Waals surface area contributed by atoms with Crippen molar-refractivity contribution in [3.05, 3.63) is 64.7 Å². The van der Waals surface area contributed by atoms with Crippen LogP contribution in [0.1, 0.15) is 39.3 Å². The van der Waals surface area contributed by atoms with Gasteiger partial charge in [-0.15, -0.1) is 11.8 Å². The van der Waals surface area contributed by atoms with Gasteiger partial charge in [0.05, 0.1) is 12.2 Å². The van der Waals surface area contributed by atoms with Crippen LogP contribution in [0.2, 0.25) is 0 Å². The molecule has 0 radical (unpaired) electrons. The summed E-state index contributed by atoms with van der Waals surface area (Å²) in [5, 5.41) is 2.95. The molecule has 0 unspecified atom stereocenters. The van der Waals surface area contributed by atoms with Gasteiger partial charge in [-0.2, -0.15) is 0 Å². The highest BCUT2D eigenvalue weighted by Gasteiger charge is 2.31. The number of amides is 2. The Kier molecular flexibility index (Phi) is 6.06. The van der Waals surface area contributed by atoms with Gasteiger partial charge in [-0.25, -0.2) is 9.59 Å². The van der Waals surface area contributed by atoms with Crippen molar-refractivity contribution < 1.29 is 14.3 Å². The van der Waals surface area contributed by atoms with Gasteiger partial charge < -0.3 is 15.0 Å². The fourth-order valence-electron chi connectivity index (χ4n) is 3.14. The van der Waals surface area contributed by atoms with E-state index in [9.17, 15) is 9.59 Å². The average molecular weight is 385 g/mol.